The smallest absolute Gasteiger partial charge is 0.323 e. The standard InChI is InChI=1S/C18H27NO5S/c1-10-12(6-9-15(25)16(10)23-11(2)20)14(21)8-7-13(19)17(22)24-18(3,4)5/h6,9,13-14,21,25H,7-8,19H2,1-5H3. The van der Waals surface area contributed by atoms with E-state index in [0.717, 1.165) is 0 Å². The SMILES string of the molecule is CC(=O)Oc1c(S)ccc(C(O)CCC(N)C(=O)OC(C)(C)C)c1C. The van der Waals surface area contributed by atoms with Crippen molar-refractivity contribution in [1.82, 2.24) is 0 Å². The third-order valence-electron chi connectivity index (χ3n) is 3.49. The van der Waals surface area contributed by atoms with Gasteiger partial charge < -0.3 is 20.3 Å². The Labute approximate surface area is 154 Å². The monoisotopic (exact) mass is 369 g/mol. The summed E-state index contributed by atoms with van der Waals surface area (Å²) < 4.78 is 10.4. The molecule has 140 valence electrons. The number of carbonyl (C=O) groups is 2. The molecule has 0 aliphatic heterocycles. The Bertz CT molecular complexity index is 639. The highest BCUT2D eigenvalue weighted by atomic mass is 32.1. The van der Waals surface area contributed by atoms with Crippen molar-refractivity contribution >= 4 is 24.6 Å². The molecule has 3 N–H and O–H groups in total. The molecule has 0 aliphatic rings. The van der Waals surface area contributed by atoms with Gasteiger partial charge in [0.15, 0.2) is 0 Å². The summed E-state index contributed by atoms with van der Waals surface area (Å²) in [6.07, 6.45) is -0.315. The fraction of sp³-hybridized carbons (Fsp3) is 0.556. The molecule has 6 nitrogen and oxygen atoms in total. The van der Waals surface area contributed by atoms with Gasteiger partial charge in [-0.05, 0) is 57.7 Å². The highest BCUT2D eigenvalue weighted by Crippen LogP contribution is 2.34. The van der Waals surface area contributed by atoms with E-state index < -0.39 is 29.7 Å². The maximum Gasteiger partial charge on any atom is 0.323 e. The zero-order valence-electron chi connectivity index (χ0n) is 15.3. The lowest BCUT2D eigenvalue weighted by atomic mass is 9.97. The predicted octanol–water partition coefficient (Wildman–Crippen LogP) is 2.69. The molecule has 0 fully saturated rings. The molecule has 0 heterocycles. The molecule has 0 spiro atoms. The number of benzene rings is 1. The first-order chi connectivity index (χ1) is 11.4. The molecule has 0 saturated heterocycles. The van der Waals surface area contributed by atoms with E-state index in [4.69, 9.17) is 15.2 Å². The van der Waals surface area contributed by atoms with Gasteiger partial charge in [0, 0.05) is 11.8 Å². The molecule has 0 aromatic heterocycles. The van der Waals surface area contributed by atoms with Crippen LogP contribution in [0, 0.1) is 6.92 Å². The number of hydrogen-bond donors (Lipinski definition) is 3. The van der Waals surface area contributed by atoms with Gasteiger partial charge in [-0.2, -0.15) is 0 Å². The van der Waals surface area contributed by atoms with E-state index in [1.807, 2.05) is 0 Å². The van der Waals surface area contributed by atoms with Gasteiger partial charge >= 0.3 is 11.9 Å². The molecule has 2 atom stereocenters. The van der Waals surface area contributed by atoms with Gasteiger partial charge in [0.05, 0.1) is 6.10 Å². The lowest BCUT2D eigenvalue weighted by molar-refractivity contribution is -0.156. The van der Waals surface area contributed by atoms with Gasteiger partial charge in [0.2, 0.25) is 0 Å². The van der Waals surface area contributed by atoms with Crippen molar-refractivity contribution in [3.63, 3.8) is 0 Å². The highest BCUT2D eigenvalue weighted by Gasteiger charge is 2.24. The molecule has 0 saturated carbocycles. The molecule has 1 aromatic carbocycles. The average Bonchev–Trinajstić information content (AvgIpc) is 2.46. The van der Waals surface area contributed by atoms with E-state index in [1.54, 1.807) is 39.8 Å². The molecule has 0 radical (unpaired) electrons. The van der Waals surface area contributed by atoms with Gasteiger partial charge in [0.1, 0.15) is 17.4 Å². The molecular formula is C18H27NO5S. The van der Waals surface area contributed by atoms with Gasteiger partial charge in [-0.25, -0.2) is 0 Å². The van der Waals surface area contributed by atoms with E-state index in [-0.39, 0.29) is 12.8 Å². The van der Waals surface area contributed by atoms with Crippen molar-refractivity contribution in [2.75, 3.05) is 0 Å². The van der Waals surface area contributed by atoms with Crippen LogP contribution < -0.4 is 10.5 Å². The summed E-state index contributed by atoms with van der Waals surface area (Å²) >= 11 is 4.27. The fourth-order valence-corrected chi connectivity index (χ4v) is 2.60. The summed E-state index contributed by atoms with van der Waals surface area (Å²) in [5.74, 6) is -0.636. The number of carbonyl (C=O) groups excluding carboxylic acids is 2. The first-order valence-corrected chi connectivity index (χ1v) is 8.54. The minimum absolute atomic E-state index is 0.265. The second kappa shape index (κ2) is 8.69. The van der Waals surface area contributed by atoms with E-state index >= 15 is 0 Å². The number of esters is 2. The minimum atomic E-state index is -0.850. The van der Waals surface area contributed by atoms with Crippen LogP contribution in [0.2, 0.25) is 0 Å². The van der Waals surface area contributed by atoms with Crippen molar-refractivity contribution in [3.8, 4) is 5.75 Å². The van der Waals surface area contributed by atoms with Crippen LogP contribution in [0.3, 0.4) is 0 Å². The van der Waals surface area contributed by atoms with Crippen LogP contribution in [0.4, 0.5) is 0 Å². The third-order valence-corrected chi connectivity index (χ3v) is 3.84. The van der Waals surface area contributed by atoms with Crippen LogP contribution in [0.15, 0.2) is 17.0 Å². The molecule has 1 aromatic rings. The van der Waals surface area contributed by atoms with Crippen LogP contribution in [0.5, 0.6) is 5.75 Å². The number of nitrogens with two attached hydrogens (primary N) is 1. The van der Waals surface area contributed by atoms with Crippen LogP contribution in [-0.4, -0.2) is 28.7 Å². The molecule has 2 unspecified atom stereocenters. The molecule has 0 amide bonds. The highest BCUT2D eigenvalue weighted by molar-refractivity contribution is 7.80. The molecule has 0 bridgehead atoms. The Balaban J connectivity index is 2.79. The maximum atomic E-state index is 11.9. The Morgan fingerprint density at radius 2 is 1.88 bits per heavy atom. The summed E-state index contributed by atoms with van der Waals surface area (Å²) in [5, 5.41) is 10.4. The largest absolute Gasteiger partial charge is 0.459 e. The Morgan fingerprint density at radius 1 is 1.28 bits per heavy atom. The zero-order chi connectivity index (χ0) is 19.4. The van der Waals surface area contributed by atoms with Crippen LogP contribution in [-0.2, 0) is 14.3 Å². The topological polar surface area (TPSA) is 98.9 Å². The van der Waals surface area contributed by atoms with Crippen molar-refractivity contribution in [3.05, 3.63) is 23.3 Å². The van der Waals surface area contributed by atoms with Crippen molar-refractivity contribution in [2.24, 2.45) is 5.73 Å². The van der Waals surface area contributed by atoms with Crippen molar-refractivity contribution in [2.45, 2.75) is 70.1 Å². The van der Waals surface area contributed by atoms with Gasteiger partial charge in [-0.15, -0.1) is 12.6 Å². The van der Waals surface area contributed by atoms with E-state index in [9.17, 15) is 14.7 Å². The molecule has 0 aliphatic carbocycles. The summed E-state index contributed by atoms with van der Waals surface area (Å²) in [4.78, 5) is 23.6. The van der Waals surface area contributed by atoms with E-state index in [1.165, 1.54) is 6.92 Å². The predicted molar refractivity (Wildman–Crippen MR) is 97.8 cm³/mol. The van der Waals surface area contributed by atoms with Crippen molar-refractivity contribution in [1.29, 1.82) is 0 Å². The van der Waals surface area contributed by atoms with Crippen LogP contribution in [0.1, 0.15) is 57.8 Å². The van der Waals surface area contributed by atoms with Crippen LogP contribution in [0.25, 0.3) is 0 Å². The number of aliphatic hydroxyl groups is 1. The molecule has 25 heavy (non-hydrogen) atoms. The van der Waals surface area contributed by atoms with E-state index in [0.29, 0.717) is 21.8 Å². The summed E-state index contributed by atoms with van der Waals surface area (Å²) in [6.45, 7) is 8.35. The van der Waals surface area contributed by atoms with Crippen molar-refractivity contribution < 1.29 is 24.2 Å². The minimum Gasteiger partial charge on any atom is -0.459 e. The number of aliphatic hydroxyl groups excluding tert-OH is 1. The first kappa shape index (κ1) is 21.5. The van der Waals surface area contributed by atoms with Gasteiger partial charge in [-0.1, -0.05) is 6.07 Å². The van der Waals surface area contributed by atoms with Crippen LogP contribution >= 0.6 is 12.6 Å². The fourth-order valence-electron chi connectivity index (χ4n) is 2.31. The molecule has 7 heteroatoms. The lowest BCUT2D eigenvalue weighted by Crippen LogP contribution is -2.37. The molecule has 1 rings (SSSR count). The Kier molecular flexibility index (Phi) is 7.46. The second-order valence-electron chi connectivity index (χ2n) is 6.95. The number of thiol groups is 1. The van der Waals surface area contributed by atoms with Gasteiger partial charge in [0.25, 0.3) is 0 Å². The summed E-state index contributed by atoms with van der Waals surface area (Å²) in [7, 11) is 0. The quantitative estimate of drug-likeness (QED) is 0.405. The zero-order valence-corrected chi connectivity index (χ0v) is 16.2. The van der Waals surface area contributed by atoms with Gasteiger partial charge in [-0.3, -0.25) is 9.59 Å². The normalized spacial score (nSPS) is 13.9. The third kappa shape index (κ3) is 6.68. The lowest BCUT2D eigenvalue weighted by Gasteiger charge is -2.23. The first-order valence-electron chi connectivity index (χ1n) is 8.09. The average molecular weight is 369 g/mol. The number of ether oxygens (including phenoxy) is 2. The molecular weight excluding hydrogens is 342 g/mol. The number of hydrogen-bond acceptors (Lipinski definition) is 7. The Hall–Kier alpha value is -1.57. The van der Waals surface area contributed by atoms with E-state index in [2.05, 4.69) is 12.6 Å². The maximum absolute atomic E-state index is 11.9. The number of rotatable bonds is 6. The summed E-state index contributed by atoms with van der Waals surface area (Å²) in [6, 6.07) is 2.56. The Morgan fingerprint density at radius 3 is 2.40 bits per heavy atom. The second-order valence-corrected chi connectivity index (χ2v) is 7.44. The summed E-state index contributed by atoms with van der Waals surface area (Å²) in [5.41, 5.74) is 6.46.